The van der Waals surface area contributed by atoms with Crippen LogP contribution < -0.4 is 4.74 Å². The number of nitrogens with zero attached hydrogens (tertiary/aromatic N) is 1. The molecule has 0 aliphatic rings. The molecular weight excluding hydrogens is 254 g/mol. The maximum atomic E-state index is 11.3. The molecule has 20 heavy (non-hydrogen) atoms. The number of carbonyl (C=O) groups is 1. The number of pyridine rings is 1. The van der Waals surface area contributed by atoms with Crippen LogP contribution in [-0.2, 0) is 0 Å². The Morgan fingerprint density at radius 3 is 2.35 bits per heavy atom. The highest BCUT2D eigenvalue weighted by molar-refractivity contribution is 5.92. The Morgan fingerprint density at radius 1 is 1.05 bits per heavy atom. The van der Waals surface area contributed by atoms with Crippen molar-refractivity contribution in [3.05, 3.63) is 52.2 Å². The first-order chi connectivity index (χ1) is 9.38. The molecule has 2 rings (SSSR count). The van der Waals surface area contributed by atoms with Crippen LogP contribution in [0, 0.1) is 27.7 Å². The lowest BCUT2D eigenvalue weighted by Gasteiger charge is -2.12. The van der Waals surface area contributed by atoms with E-state index < -0.39 is 5.97 Å². The van der Waals surface area contributed by atoms with Crippen molar-refractivity contribution in [2.75, 3.05) is 0 Å². The van der Waals surface area contributed by atoms with Gasteiger partial charge in [0.15, 0.2) is 0 Å². The van der Waals surface area contributed by atoms with Crippen LogP contribution in [0.15, 0.2) is 24.3 Å². The third kappa shape index (κ3) is 2.79. The average Bonchev–Trinajstić information content (AvgIpc) is 2.32. The molecule has 0 saturated carbocycles. The fourth-order valence-corrected chi connectivity index (χ4v) is 2.03. The van der Waals surface area contributed by atoms with Gasteiger partial charge in [0.1, 0.15) is 11.3 Å². The van der Waals surface area contributed by atoms with E-state index >= 15 is 0 Å². The minimum absolute atomic E-state index is 0.105. The number of carboxylic acid groups (broad SMARTS) is 1. The first-order valence-corrected chi connectivity index (χ1v) is 6.35. The second-order valence-electron chi connectivity index (χ2n) is 4.91. The van der Waals surface area contributed by atoms with Crippen molar-refractivity contribution in [3.8, 4) is 11.6 Å². The molecule has 104 valence electrons. The molecule has 0 amide bonds. The molecule has 1 aromatic heterocycles. The van der Waals surface area contributed by atoms with Gasteiger partial charge in [-0.2, -0.15) is 0 Å². The second-order valence-corrected chi connectivity index (χ2v) is 4.91. The maximum Gasteiger partial charge on any atom is 0.341 e. The van der Waals surface area contributed by atoms with Crippen molar-refractivity contribution < 1.29 is 14.6 Å². The zero-order chi connectivity index (χ0) is 14.9. The summed E-state index contributed by atoms with van der Waals surface area (Å²) in [6, 6.07) is 7.36. The molecule has 0 bridgehead atoms. The van der Waals surface area contributed by atoms with E-state index in [2.05, 4.69) is 4.98 Å². The zero-order valence-electron chi connectivity index (χ0n) is 12.0. The standard InChI is InChI=1S/C16H17NO3/c1-9-5-6-13(8-10(9)2)20-15-14(16(18)19)11(3)7-12(4)17-15/h5-8H,1-4H3,(H,18,19). The molecule has 0 aliphatic heterocycles. The summed E-state index contributed by atoms with van der Waals surface area (Å²) in [7, 11) is 0. The van der Waals surface area contributed by atoms with E-state index in [9.17, 15) is 9.90 Å². The topological polar surface area (TPSA) is 59.4 Å². The van der Waals surface area contributed by atoms with Gasteiger partial charge >= 0.3 is 5.97 Å². The quantitative estimate of drug-likeness (QED) is 0.922. The van der Waals surface area contributed by atoms with Crippen LogP contribution in [0.25, 0.3) is 0 Å². The van der Waals surface area contributed by atoms with Crippen molar-refractivity contribution in [2.24, 2.45) is 0 Å². The molecule has 0 aliphatic carbocycles. The van der Waals surface area contributed by atoms with Crippen molar-refractivity contribution in [3.63, 3.8) is 0 Å². The predicted molar refractivity (Wildman–Crippen MR) is 76.7 cm³/mol. The Balaban J connectivity index is 2.47. The summed E-state index contributed by atoms with van der Waals surface area (Å²) in [5.41, 5.74) is 3.72. The summed E-state index contributed by atoms with van der Waals surface area (Å²) in [6.45, 7) is 7.54. The summed E-state index contributed by atoms with van der Waals surface area (Å²) in [5.74, 6) is -0.305. The van der Waals surface area contributed by atoms with E-state index in [4.69, 9.17) is 4.74 Å². The molecular formula is C16H17NO3. The Hall–Kier alpha value is -2.36. The highest BCUT2D eigenvalue weighted by atomic mass is 16.5. The Bertz CT molecular complexity index is 678. The highest BCUT2D eigenvalue weighted by Gasteiger charge is 2.17. The number of aromatic carboxylic acids is 1. The molecule has 0 atom stereocenters. The summed E-state index contributed by atoms with van der Waals surface area (Å²) < 4.78 is 5.68. The van der Waals surface area contributed by atoms with Crippen molar-refractivity contribution >= 4 is 5.97 Å². The van der Waals surface area contributed by atoms with E-state index in [0.29, 0.717) is 11.3 Å². The maximum absolute atomic E-state index is 11.3. The fourth-order valence-electron chi connectivity index (χ4n) is 2.03. The van der Waals surface area contributed by atoms with Crippen LogP contribution in [-0.4, -0.2) is 16.1 Å². The van der Waals surface area contributed by atoms with Gasteiger partial charge in [-0.3, -0.25) is 0 Å². The Labute approximate surface area is 118 Å². The number of aryl methyl sites for hydroxylation is 4. The van der Waals surface area contributed by atoms with Crippen LogP contribution in [0.4, 0.5) is 0 Å². The number of carboxylic acids is 1. The molecule has 0 unspecified atom stereocenters. The lowest BCUT2D eigenvalue weighted by Crippen LogP contribution is -2.06. The van der Waals surface area contributed by atoms with Crippen LogP contribution in [0.5, 0.6) is 11.6 Å². The minimum atomic E-state index is -1.03. The van der Waals surface area contributed by atoms with E-state index in [1.807, 2.05) is 39.0 Å². The van der Waals surface area contributed by atoms with E-state index in [0.717, 1.165) is 16.8 Å². The first-order valence-electron chi connectivity index (χ1n) is 6.35. The molecule has 0 saturated heterocycles. The number of benzene rings is 1. The minimum Gasteiger partial charge on any atom is -0.477 e. The van der Waals surface area contributed by atoms with Crippen LogP contribution in [0.3, 0.4) is 0 Å². The molecule has 0 radical (unpaired) electrons. The van der Waals surface area contributed by atoms with E-state index in [1.54, 1.807) is 13.0 Å². The van der Waals surface area contributed by atoms with E-state index in [1.165, 1.54) is 0 Å². The molecule has 0 fully saturated rings. The zero-order valence-corrected chi connectivity index (χ0v) is 12.0. The van der Waals surface area contributed by atoms with Crippen LogP contribution >= 0.6 is 0 Å². The number of hydrogen-bond donors (Lipinski definition) is 1. The Morgan fingerprint density at radius 2 is 1.75 bits per heavy atom. The largest absolute Gasteiger partial charge is 0.477 e. The summed E-state index contributed by atoms with van der Waals surface area (Å²) in [4.78, 5) is 15.5. The van der Waals surface area contributed by atoms with Crippen LogP contribution in [0.2, 0.25) is 0 Å². The van der Waals surface area contributed by atoms with Crippen molar-refractivity contribution in [1.29, 1.82) is 0 Å². The van der Waals surface area contributed by atoms with Gasteiger partial charge in [-0.05, 0) is 62.6 Å². The van der Waals surface area contributed by atoms with Gasteiger partial charge in [-0.1, -0.05) is 6.07 Å². The lowest BCUT2D eigenvalue weighted by atomic mass is 10.1. The third-order valence-electron chi connectivity index (χ3n) is 3.22. The summed E-state index contributed by atoms with van der Waals surface area (Å²) in [6.07, 6.45) is 0. The molecule has 0 spiro atoms. The number of rotatable bonds is 3. The van der Waals surface area contributed by atoms with Gasteiger partial charge in [-0.15, -0.1) is 0 Å². The first kappa shape index (κ1) is 14.1. The highest BCUT2D eigenvalue weighted by Crippen LogP contribution is 2.27. The fraction of sp³-hybridized carbons (Fsp3) is 0.250. The SMILES string of the molecule is Cc1cc(C)c(C(=O)O)c(Oc2ccc(C)c(C)c2)n1. The van der Waals surface area contributed by atoms with Crippen LogP contribution in [0.1, 0.15) is 32.7 Å². The predicted octanol–water partition coefficient (Wildman–Crippen LogP) is 3.81. The number of aromatic nitrogens is 1. The summed E-state index contributed by atoms with van der Waals surface area (Å²) >= 11 is 0. The molecule has 1 heterocycles. The molecule has 1 N–H and O–H groups in total. The van der Waals surface area contributed by atoms with Gasteiger partial charge in [0, 0.05) is 5.69 Å². The number of hydrogen-bond acceptors (Lipinski definition) is 3. The normalized spacial score (nSPS) is 10.4. The van der Waals surface area contributed by atoms with Crippen molar-refractivity contribution in [2.45, 2.75) is 27.7 Å². The van der Waals surface area contributed by atoms with Gasteiger partial charge in [0.25, 0.3) is 0 Å². The van der Waals surface area contributed by atoms with Gasteiger partial charge in [0.2, 0.25) is 5.88 Å². The lowest BCUT2D eigenvalue weighted by molar-refractivity contribution is 0.0692. The molecule has 1 aromatic carbocycles. The van der Waals surface area contributed by atoms with Gasteiger partial charge in [-0.25, -0.2) is 9.78 Å². The van der Waals surface area contributed by atoms with E-state index in [-0.39, 0.29) is 11.4 Å². The van der Waals surface area contributed by atoms with Crippen molar-refractivity contribution in [1.82, 2.24) is 4.98 Å². The molecule has 4 heteroatoms. The van der Waals surface area contributed by atoms with Gasteiger partial charge < -0.3 is 9.84 Å². The smallest absolute Gasteiger partial charge is 0.341 e. The summed E-state index contributed by atoms with van der Waals surface area (Å²) in [5, 5.41) is 9.29. The second kappa shape index (κ2) is 5.33. The third-order valence-corrected chi connectivity index (χ3v) is 3.22. The number of ether oxygens (including phenoxy) is 1. The van der Waals surface area contributed by atoms with Gasteiger partial charge in [0.05, 0.1) is 0 Å². The molecule has 4 nitrogen and oxygen atoms in total. The molecule has 2 aromatic rings. The monoisotopic (exact) mass is 271 g/mol. The average molecular weight is 271 g/mol. The Kier molecular flexibility index (Phi) is 3.74.